The summed E-state index contributed by atoms with van der Waals surface area (Å²) in [4.78, 5) is 23.1. The SMILES string of the molecule is COc1cc(/C=C/C(=O)Nc2ccc(Nc3cc(N(C)C)nc(C)n3)cc2)cc(OC)c1OC. The minimum atomic E-state index is -0.267. The highest BCUT2D eigenvalue weighted by atomic mass is 16.5. The first-order valence-electron chi connectivity index (χ1n) is 10.5. The number of hydrogen-bond acceptors (Lipinski definition) is 8. The molecular weight excluding hydrogens is 434 g/mol. The molecule has 0 saturated heterocycles. The van der Waals surface area contributed by atoms with Gasteiger partial charge < -0.3 is 29.7 Å². The van der Waals surface area contributed by atoms with E-state index in [0.29, 0.717) is 34.6 Å². The Balaban J connectivity index is 1.66. The Labute approximate surface area is 199 Å². The van der Waals surface area contributed by atoms with Crippen LogP contribution in [0.3, 0.4) is 0 Å². The molecule has 34 heavy (non-hydrogen) atoms. The molecule has 0 aliphatic rings. The smallest absolute Gasteiger partial charge is 0.248 e. The molecule has 1 heterocycles. The summed E-state index contributed by atoms with van der Waals surface area (Å²) in [7, 11) is 8.49. The third kappa shape index (κ3) is 6.16. The predicted octanol–water partition coefficient (Wildman–Crippen LogP) is 4.27. The van der Waals surface area contributed by atoms with Crippen LogP contribution in [0.2, 0.25) is 0 Å². The molecule has 0 bridgehead atoms. The number of rotatable bonds is 9. The molecule has 2 N–H and O–H groups in total. The van der Waals surface area contributed by atoms with Gasteiger partial charge in [-0.25, -0.2) is 9.97 Å². The Kier molecular flexibility index (Phi) is 7.92. The number of carbonyl (C=O) groups is 1. The van der Waals surface area contributed by atoms with E-state index in [0.717, 1.165) is 17.1 Å². The van der Waals surface area contributed by atoms with Crippen molar-refractivity contribution in [1.29, 1.82) is 0 Å². The Bertz CT molecular complexity index is 1150. The highest BCUT2D eigenvalue weighted by Crippen LogP contribution is 2.38. The van der Waals surface area contributed by atoms with E-state index < -0.39 is 0 Å². The maximum absolute atomic E-state index is 12.4. The van der Waals surface area contributed by atoms with Gasteiger partial charge in [0.05, 0.1) is 21.3 Å². The quantitative estimate of drug-likeness (QED) is 0.454. The molecule has 9 heteroatoms. The second-order valence-electron chi connectivity index (χ2n) is 7.54. The number of aromatic nitrogens is 2. The van der Waals surface area contributed by atoms with E-state index in [-0.39, 0.29) is 5.91 Å². The van der Waals surface area contributed by atoms with Crippen LogP contribution in [0.1, 0.15) is 11.4 Å². The van der Waals surface area contributed by atoms with Gasteiger partial charge in [0.15, 0.2) is 11.5 Å². The minimum Gasteiger partial charge on any atom is -0.493 e. The summed E-state index contributed by atoms with van der Waals surface area (Å²) in [5, 5.41) is 6.10. The molecule has 1 aromatic heterocycles. The fourth-order valence-corrected chi connectivity index (χ4v) is 3.18. The second-order valence-corrected chi connectivity index (χ2v) is 7.54. The summed E-state index contributed by atoms with van der Waals surface area (Å²) in [6, 6.07) is 12.8. The summed E-state index contributed by atoms with van der Waals surface area (Å²) in [6.07, 6.45) is 3.12. The van der Waals surface area contributed by atoms with Gasteiger partial charge in [0, 0.05) is 37.6 Å². The molecule has 9 nitrogen and oxygen atoms in total. The zero-order chi connectivity index (χ0) is 24.7. The first-order valence-corrected chi connectivity index (χ1v) is 10.5. The van der Waals surface area contributed by atoms with Crippen LogP contribution in [0, 0.1) is 6.92 Å². The first kappa shape index (κ1) is 24.4. The number of aryl methyl sites for hydroxylation is 1. The number of hydrogen-bond donors (Lipinski definition) is 2. The maximum atomic E-state index is 12.4. The zero-order valence-electron chi connectivity index (χ0n) is 20.2. The van der Waals surface area contributed by atoms with E-state index in [9.17, 15) is 4.79 Å². The van der Waals surface area contributed by atoms with Gasteiger partial charge >= 0.3 is 0 Å². The van der Waals surface area contributed by atoms with Crippen LogP contribution in [-0.4, -0.2) is 51.3 Å². The Morgan fingerprint density at radius 1 is 0.912 bits per heavy atom. The maximum Gasteiger partial charge on any atom is 0.248 e. The molecule has 2 aromatic carbocycles. The summed E-state index contributed by atoms with van der Waals surface area (Å²) in [6.45, 7) is 1.85. The Morgan fingerprint density at radius 2 is 1.53 bits per heavy atom. The molecule has 178 valence electrons. The van der Waals surface area contributed by atoms with Crippen molar-refractivity contribution in [3.8, 4) is 17.2 Å². The van der Waals surface area contributed by atoms with Crippen molar-refractivity contribution in [3.63, 3.8) is 0 Å². The first-order chi connectivity index (χ1) is 16.3. The van der Waals surface area contributed by atoms with Crippen molar-refractivity contribution >= 4 is 35.0 Å². The van der Waals surface area contributed by atoms with Gasteiger partial charge in [-0.1, -0.05) is 0 Å². The predicted molar refractivity (Wildman–Crippen MR) is 135 cm³/mol. The van der Waals surface area contributed by atoms with Crippen molar-refractivity contribution in [1.82, 2.24) is 9.97 Å². The van der Waals surface area contributed by atoms with Crippen LogP contribution >= 0.6 is 0 Å². The number of ether oxygens (including phenoxy) is 3. The van der Waals surface area contributed by atoms with Crippen LogP contribution in [0.5, 0.6) is 17.2 Å². The van der Waals surface area contributed by atoms with Gasteiger partial charge in [0.2, 0.25) is 11.7 Å². The molecule has 0 unspecified atom stereocenters. The van der Waals surface area contributed by atoms with Crippen molar-refractivity contribution in [3.05, 3.63) is 59.9 Å². The lowest BCUT2D eigenvalue weighted by molar-refractivity contribution is -0.111. The summed E-state index contributed by atoms with van der Waals surface area (Å²) in [5.74, 6) is 3.45. The van der Waals surface area contributed by atoms with Crippen molar-refractivity contribution < 1.29 is 19.0 Å². The molecule has 0 fully saturated rings. The number of anilines is 4. The van der Waals surface area contributed by atoms with Crippen LogP contribution < -0.4 is 29.7 Å². The molecule has 0 aliphatic carbocycles. The average molecular weight is 464 g/mol. The topological polar surface area (TPSA) is 97.8 Å². The van der Waals surface area contributed by atoms with Gasteiger partial charge in [-0.3, -0.25) is 4.79 Å². The van der Waals surface area contributed by atoms with Crippen LogP contribution in [0.15, 0.2) is 48.5 Å². The molecule has 1 amide bonds. The van der Waals surface area contributed by atoms with Gasteiger partial charge in [0.25, 0.3) is 0 Å². The summed E-state index contributed by atoms with van der Waals surface area (Å²) < 4.78 is 16.0. The highest BCUT2D eigenvalue weighted by Gasteiger charge is 2.12. The van der Waals surface area contributed by atoms with Crippen LogP contribution in [0.25, 0.3) is 6.08 Å². The van der Waals surface area contributed by atoms with Gasteiger partial charge in [-0.2, -0.15) is 0 Å². The monoisotopic (exact) mass is 463 g/mol. The molecule has 3 aromatic rings. The van der Waals surface area contributed by atoms with Gasteiger partial charge in [0.1, 0.15) is 17.5 Å². The number of nitrogens with zero attached hydrogens (tertiary/aromatic N) is 3. The fourth-order valence-electron chi connectivity index (χ4n) is 3.18. The molecule has 3 rings (SSSR count). The normalized spacial score (nSPS) is 10.6. The lowest BCUT2D eigenvalue weighted by atomic mass is 10.1. The standard InChI is InChI=1S/C25H29N5O4/c1-16-26-22(15-23(27-16)30(2)3)28-18-8-10-19(11-9-18)29-24(31)12-7-17-13-20(32-4)25(34-6)21(14-17)33-5/h7-15H,1-6H3,(H,29,31)(H,26,27,28)/b12-7+. The molecule has 0 aliphatic heterocycles. The molecule has 0 saturated carbocycles. The zero-order valence-corrected chi connectivity index (χ0v) is 20.2. The van der Waals surface area contributed by atoms with E-state index >= 15 is 0 Å². The molecular formula is C25H29N5O4. The number of methoxy groups -OCH3 is 3. The number of amides is 1. The van der Waals surface area contributed by atoms with E-state index in [1.54, 1.807) is 39.5 Å². The summed E-state index contributed by atoms with van der Waals surface area (Å²) in [5.41, 5.74) is 2.24. The van der Waals surface area contributed by atoms with Gasteiger partial charge in [-0.05, 0) is 55.0 Å². The van der Waals surface area contributed by atoms with Gasteiger partial charge in [-0.15, -0.1) is 0 Å². The Morgan fingerprint density at radius 3 is 2.09 bits per heavy atom. The number of nitrogens with one attached hydrogen (secondary N) is 2. The molecule has 0 radical (unpaired) electrons. The third-order valence-electron chi connectivity index (χ3n) is 4.82. The van der Waals surface area contributed by atoms with E-state index in [1.165, 1.54) is 6.08 Å². The number of benzene rings is 2. The minimum absolute atomic E-state index is 0.267. The molecule has 0 atom stereocenters. The molecule has 0 spiro atoms. The highest BCUT2D eigenvalue weighted by molar-refractivity contribution is 6.02. The van der Waals surface area contributed by atoms with Crippen molar-refractivity contribution in [2.45, 2.75) is 6.92 Å². The van der Waals surface area contributed by atoms with Crippen LogP contribution in [0.4, 0.5) is 23.0 Å². The largest absolute Gasteiger partial charge is 0.493 e. The van der Waals surface area contributed by atoms with Crippen molar-refractivity contribution in [2.24, 2.45) is 0 Å². The lowest BCUT2D eigenvalue weighted by Crippen LogP contribution is -2.12. The van der Waals surface area contributed by atoms with E-state index in [4.69, 9.17) is 14.2 Å². The van der Waals surface area contributed by atoms with Crippen molar-refractivity contribution in [2.75, 3.05) is 51.0 Å². The van der Waals surface area contributed by atoms with E-state index in [2.05, 4.69) is 20.6 Å². The van der Waals surface area contributed by atoms with E-state index in [1.807, 2.05) is 56.3 Å². The lowest BCUT2D eigenvalue weighted by Gasteiger charge is -2.14. The second kappa shape index (κ2) is 11.0. The summed E-state index contributed by atoms with van der Waals surface area (Å²) >= 11 is 0. The third-order valence-corrected chi connectivity index (χ3v) is 4.82. The fraction of sp³-hybridized carbons (Fsp3) is 0.240. The Hall–Kier alpha value is -4.27. The van der Waals surface area contributed by atoms with Crippen LogP contribution in [-0.2, 0) is 4.79 Å². The average Bonchev–Trinajstić information content (AvgIpc) is 2.82. The number of carbonyl (C=O) groups excluding carboxylic acids is 1.